The second-order valence-electron chi connectivity index (χ2n) is 1.49. The van der Waals surface area contributed by atoms with Crippen LogP contribution in [0.3, 0.4) is 0 Å². The van der Waals surface area contributed by atoms with E-state index in [1.807, 2.05) is 0 Å². The molecule has 0 spiro atoms. The summed E-state index contributed by atoms with van der Waals surface area (Å²) >= 11 is 0. The second-order valence-corrected chi connectivity index (χ2v) is 3.06. The lowest BCUT2D eigenvalue weighted by Crippen LogP contribution is -2.08. The van der Waals surface area contributed by atoms with Gasteiger partial charge in [0.1, 0.15) is 18.5 Å². The summed E-state index contributed by atoms with van der Waals surface area (Å²) in [5.74, 6) is 1.99. The molecule has 0 aliphatic carbocycles. The summed E-state index contributed by atoms with van der Waals surface area (Å²) in [5, 5.41) is 0. The summed E-state index contributed by atoms with van der Waals surface area (Å²) in [7, 11) is -3.90. The number of rotatable bonds is 3. The van der Waals surface area contributed by atoms with E-state index >= 15 is 0 Å². The summed E-state index contributed by atoms with van der Waals surface area (Å²) in [5.41, 5.74) is 0. The Morgan fingerprint density at radius 1 is 1.60 bits per heavy atom. The van der Waals surface area contributed by atoms with Crippen molar-refractivity contribution in [2.24, 2.45) is 0 Å². The predicted molar refractivity (Wildman–Crippen MR) is 35.8 cm³/mol. The van der Waals surface area contributed by atoms with Gasteiger partial charge in [-0.2, -0.15) is 8.42 Å². The van der Waals surface area contributed by atoms with Crippen LogP contribution < -0.4 is 0 Å². The normalized spacial score (nSPS) is 9.80. The average molecular weight is 164 g/mol. The molecule has 0 aromatic rings. The van der Waals surface area contributed by atoms with Crippen molar-refractivity contribution in [2.45, 2.75) is 6.92 Å². The lowest BCUT2D eigenvalue weighted by Gasteiger charge is -1.93. The van der Waals surface area contributed by atoms with Crippen molar-refractivity contribution in [2.75, 3.05) is 12.4 Å². The minimum Gasteiger partial charge on any atom is -0.445 e. The van der Waals surface area contributed by atoms with Crippen LogP contribution >= 0.6 is 0 Å². The van der Waals surface area contributed by atoms with E-state index < -0.39 is 15.9 Å². The molecule has 0 radical (unpaired) electrons. The van der Waals surface area contributed by atoms with Gasteiger partial charge in [-0.3, -0.25) is 4.55 Å². The maximum Gasteiger partial charge on any atom is 0.268 e. The van der Waals surface area contributed by atoms with Gasteiger partial charge < -0.3 is 4.74 Å². The van der Waals surface area contributed by atoms with Crippen molar-refractivity contribution in [1.82, 2.24) is 0 Å². The van der Waals surface area contributed by atoms with E-state index in [1.54, 1.807) is 6.92 Å². The molecule has 0 aromatic carbocycles. The van der Waals surface area contributed by atoms with E-state index in [4.69, 9.17) is 4.55 Å². The highest BCUT2D eigenvalue weighted by molar-refractivity contribution is 7.85. The van der Waals surface area contributed by atoms with E-state index in [2.05, 4.69) is 16.8 Å². The van der Waals surface area contributed by atoms with Gasteiger partial charge in [-0.15, -0.1) is 0 Å². The molecule has 0 heterocycles. The Balaban J connectivity index is 3.45. The molecule has 0 saturated carbocycles. The monoisotopic (exact) mass is 164 g/mol. The summed E-state index contributed by atoms with van der Waals surface area (Å²) in [6.07, 6.45) is 2.20. The zero-order chi connectivity index (χ0) is 8.04. The van der Waals surface area contributed by atoms with Crippen LogP contribution in [-0.2, 0) is 14.9 Å². The standard InChI is InChI=1S/C5H8O4S/c1-2-3-9-4-5-10(6,7)8/h4-5H2,1H3,(H,6,7,8). The molecule has 0 saturated heterocycles. The van der Waals surface area contributed by atoms with Crippen LogP contribution in [0.5, 0.6) is 0 Å². The van der Waals surface area contributed by atoms with Gasteiger partial charge in [-0.05, 0) is 0 Å². The van der Waals surface area contributed by atoms with Crippen LogP contribution in [0, 0.1) is 12.0 Å². The fraction of sp³-hybridized carbons (Fsp3) is 0.600. The molecule has 0 amide bonds. The van der Waals surface area contributed by atoms with Crippen molar-refractivity contribution in [1.29, 1.82) is 0 Å². The van der Waals surface area contributed by atoms with Crippen LogP contribution in [0.4, 0.5) is 0 Å². The number of hydrogen-bond acceptors (Lipinski definition) is 3. The van der Waals surface area contributed by atoms with E-state index in [-0.39, 0.29) is 6.61 Å². The SMILES string of the molecule is CC#COCCS(=O)(=O)O. The quantitative estimate of drug-likeness (QED) is 0.358. The molecule has 0 unspecified atom stereocenters. The van der Waals surface area contributed by atoms with E-state index in [9.17, 15) is 8.42 Å². The van der Waals surface area contributed by atoms with Gasteiger partial charge in [0.15, 0.2) is 0 Å². The van der Waals surface area contributed by atoms with E-state index in [0.717, 1.165) is 0 Å². The van der Waals surface area contributed by atoms with Gasteiger partial charge in [0, 0.05) is 6.92 Å². The smallest absolute Gasteiger partial charge is 0.268 e. The zero-order valence-electron chi connectivity index (χ0n) is 5.49. The van der Waals surface area contributed by atoms with Crippen LogP contribution in [0.25, 0.3) is 0 Å². The fourth-order valence-corrected chi connectivity index (χ4v) is 0.564. The Morgan fingerprint density at radius 2 is 2.20 bits per heavy atom. The molecule has 58 valence electrons. The maximum atomic E-state index is 10.0. The third-order valence-corrected chi connectivity index (χ3v) is 1.30. The summed E-state index contributed by atoms with van der Waals surface area (Å²) in [6.45, 7) is 1.47. The molecule has 0 bridgehead atoms. The first kappa shape index (κ1) is 9.27. The lowest BCUT2D eigenvalue weighted by molar-refractivity contribution is 0.296. The summed E-state index contributed by atoms with van der Waals surface area (Å²) in [4.78, 5) is 0. The molecular formula is C5H8O4S. The highest BCUT2D eigenvalue weighted by Crippen LogP contribution is 1.81. The maximum absolute atomic E-state index is 10.0. The largest absolute Gasteiger partial charge is 0.445 e. The third kappa shape index (κ3) is 7.27. The average Bonchev–Trinajstić information content (AvgIpc) is 1.78. The zero-order valence-corrected chi connectivity index (χ0v) is 6.31. The molecular weight excluding hydrogens is 156 g/mol. The Hall–Kier alpha value is -0.730. The van der Waals surface area contributed by atoms with Crippen molar-refractivity contribution in [3.05, 3.63) is 0 Å². The molecule has 4 nitrogen and oxygen atoms in total. The van der Waals surface area contributed by atoms with Crippen molar-refractivity contribution in [3.63, 3.8) is 0 Å². The number of hydrogen-bond donors (Lipinski definition) is 1. The van der Waals surface area contributed by atoms with Gasteiger partial charge in [-0.1, -0.05) is 5.92 Å². The number of ether oxygens (including phenoxy) is 1. The Bertz CT molecular complexity index is 230. The fourth-order valence-electron chi connectivity index (χ4n) is 0.270. The van der Waals surface area contributed by atoms with Gasteiger partial charge in [0.25, 0.3) is 10.1 Å². The van der Waals surface area contributed by atoms with Crippen LogP contribution in [0.2, 0.25) is 0 Å². The molecule has 0 rings (SSSR count). The highest BCUT2D eigenvalue weighted by Gasteiger charge is 2.02. The van der Waals surface area contributed by atoms with Crippen LogP contribution in [-0.4, -0.2) is 25.3 Å². The first-order valence-electron chi connectivity index (χ1n) is 2.55. The first-order chi connectivity index (χ1) is 4.56. The third-order valence-electron chi connectivity index (χ3n) is 0.618. The summed E-state index contributed by atoms with van der Waals surface area (Å²) in [6, 6.07) is 0. The molecule has 0 atom stereocenters. The van der Waals surface area contributed by atoms with Gasteiger partial charge in [-0.25, -0.2) is 0 Å². The molecule has 5 heteroatoms. The van der Waals surface area contributed by atoms with E-state index in [0.29, 0.717) is 0 Å². The minimum atomic E-state index is -3.90. The first-order valence-corrected chi connectivity index (χ1v) is 4.16. The van der Waals surface area contributed by atoms with Gasteiger partial charge in [0.2, 0.25) is 0 Å². The van der Waals surface area contributed by atoms with Crippen molar-refractivity contribution < 1.29 is 17.7 Å². The second kappa shape index (κ2) is 4.14. The highest BCUT2D eigenvalue weighted by atomic mass is 32.2. The molecule has 0 aromatic heterocycles. The molecule has 0 fully saturated rings. The van der Waals surface area contributed by atoms with Crippen LogP contribution in [0.1, 0.15) is 6.92 Å². The molecule has 0 aliphatic rings. The Kier molecular flexibility index (Phi) is 3.84. The van der Waals surface area contributed by atoms with Crippen molar-refractivity contribution >= 4 is 10.1 Å². The topological polar surface area (TPSA) is 63.6 Å². The summed E-state index contributed by atoms with van der Waals surface area (Å²) < 4.78 is 32.7. The predicted octanol–water partition coefficient (Wildman–Crippen LogP) is -0.128. The molecule has 1 N–H and O–H groups in total. The Morgan fingerprint density at radius 3 is 2.60 bits per heavy atom. The van der Waals surface area contributed by atoms with Gasteiger partial charge in [0.05, 0.1) is 0 Å². The van der Waals surface area contributed by atoms with Crippen LogP contribution in [0.15, 0.2) is 0 Å². The molecule has 10 heavy (non-hydrogen) atoms. The Labute approximate surface area is 59.9 Å². The van der Waals surface area contributed by atoms with E-state index in [1.165, 1.54) is 0 Å². The van der Waals surface area contributed by atoms with Crippen molar-refractivity contribution in [3.8, 4) is 12.0 Å². The van der Waals surface area contributed by atoms with Gasteiger partial charge >= 0.3 is 0 Å². The minimum absolute atomic E-state index is 0.0975. The molecule has 0 aliphatic heterocycles. The lowest BCUT2D eigenvalue weighted by atomic mass is 10.8.